The second-order valence-electron chi connectivity index (χ2n) is 10.1. The molecule has 2 unspecified atom stereocenters. The molecule has 1 saturated heterocycles. The van der Waals surface area contributed by atoms with Gasteiger partial charge >= 0.3 is 0 Å². The highest BCUT2D eigenvalue weighted by molar-refractivity contribution is 5.86. The number of ether oxygens (including phenoxy) is 1. The molecule has 1 aromatic heterocycles. The minimum Gasteiger partial charge on any atom is -0.497 e. The van der Waals surface area contributed by atoms with E-state index in [1.807, 2.05) is 12.1 Å². The van der Waals surface area contributed by atoms with Crippen molar-refractivity contribution in [3.05, 3.63) is 65.1 Å². The summed E-state index contributed by atoms with van der Waals surface area (Å²) in [5.41, 5.74) is 5.37. The lowest BCUT2D eigenvalue weighted by molar-refractivity contribution is 0.0776. The summed E-state index contributed by atoms with van der Waals surface area (Å²) < 4.78 is 21.9. The van der Waals surface area contributed by atoms with E-state index in [9.17, 15) is 4.39 Å². The standard InChI is InChI=1S/C27H31FN2O/c1-29-25-14-21(28)8-9-23(25)24-13-20-17-30(16-18-6-7-18)11-10-27(20,15-26(24)29)19-4-3-5-22(12-19)31-2/h3-5,8-9,12,14,18,20H,6-7,10-11,13,15-17H2,1-2H3. The van der Waals surface area contributed by atoms with Crippen LogP contribution in [0.5, 0.6) is 5.75 Å². The molecule has 3 aromatic rings. The van der Waals surface area contributed by atoms with Crippen molar-refractivity contribution >= 4 is 10.9 Å². The Labute approximate surface area is 183 Å². The van der Waals surface area contributed by atoms with Crippen LogP contribution >= 0.6 is 0 Å². The molecule has 3 aliphatic rings. The molecular formula is C27H31FN2O. The van der Waals surface area contributed by atoms with Crippen LogP contribution in [0.2, 0.25) is 0 Å². The van der Waals surface area contributed by atoms with E-state index in [1.54, 1.807) is 19.2 Å². The average molecular weight is 419 g/mol. The van der Waals surface area contributed by atoms with E-state index in [4.69, 9.17) is 4.74 Å². The molecule has 2 fully saturated rings. The highest BCUT2D eigenvalue weighted by atomic mass is 19.1. The van der Waals surface area contributed by atoms with Crippen molar-refractivity contribution in [2.45, 2.75) is 37.5 Å². The summed E-state index contributed by atoms with van der Waals surface area (Å²) in [6, 6.07) is 14.1. The zero-order valence-corrected chi connectivity index (χ0v) is 18.5. The quantitative estimate of drug-likeness (QED) is 0.587. The van der Waals surface area contributed by atoms with E-state index in [1.165, 1.54) is 48.0 Å². The van der Waals surface area contributed by atoms with Crippen molar-refractivity contribution in [2.24, 2.45) is 18.9 Å². The van der Waals surface area contributed by atoms with Gasteiger partial charge in [-0.2, -0.15) is 0 Å². The third-order valence-electron chi connectivity index (χ3n) is 8.33. The third-order valence-corrected chi connectivity index (χ3v) is 8.33. The van der Waals surface area contributed by atoms with Crippen LogP contribution in [0.15, 0.2) is 42.5 Å². The molecule has 0 N–H and O–H groups in total. The van der Waals surface area contributed by atoms with Crippen LogP contribution in [0.3, 0.4) is 0 Å². The van der Waals surface area contributed by atoms with Crippen molar-refractivity contribution in [2.75, 3.05) is 26.7 Å². The summed E-state index contributed by atoms with van der Waals surface area (Å²) in [4.78, 5) is 2.72. The lowest BCUT2D eigenvalue weighted by atomic mass is 9.58. The molecule has 2 aliphatic carbocycles. The fraction of sp³-hybridized carbons (Fsp3) is 0.481. The molecule has 1 aliphatic heterocycles. The lowest BCUT2D eigenvalue weighted by Crippen LogP contribution is -2.54. The molecule has 2 aromatic carbocycles. The molecule has 1 saturated carbocycles. The first-order valence-electron chi connectivity index (χ1n) is 11.7. The molecule has 3 nitrogen and oxygen atoms in total. The topological polar surface area (TPSA) is 17.4 Å². The van der Waals surface area contributed by atoms with Gasteiger partial charge in [-0.15, -0.1) is 0 Å². The van der Waals surface area contributed by atoms with Crippen molar-refractivity contribution in [3.63, 3.8) is 0 Å². The van der Waals surface area contributed by atoms with Crippen LogP contribution in [-0.2, 0) is 25.3 Å². The number of benzene rings is 2. The number of halogens is 1. The number of likely N-dealkylation sites (tertiary alicyclic amines) is 1. The van der Waals surface area contributed by atoms with E-state index in [2.05, 4.69) is 34.7 Å². The summed E-state index contributed by atoms with van der Waals surface area (Å²) in [6.07, 6.45) is 6.07. The van der Waals surface area contributed by atoms with Gasteiger partial charge < -0.3 is 14.2 Å². The van der Waals surface area contributed by atoms with Crippen LogP contribution in [0.4, 0.5) is 4.39 Å². The fourth-order valence-corrected chi connectivity index (χ4v) is 6.42. The van der Waals surface area contributed by atoms with E-state index >= 15 is 0 Å². The fourth-order valence-electron chi connectivity index (χ4n) is 6.42. The van der Waals surface area contributed by atoms with Gasteiger partial charge in [0.15, 0.2) is 0 Å². The summed E-state index contributed by atoms with van der Waals surface area (Å²) in [5, 5.41) is 1.23. The van der Waals surface area contributed by atoms with Gasteiger partial charge in [0.2, 0.25) is 0 Å². The maximum atomic E-state index is 14.0. The van der Waals surface area contributed by atoms with Crippen LogP contribution < -0.4 is 4.74 Å². The Morgan fingerprint density at radius 2 is 2.03 bits per heavy atom. The van der Waals surface area contributed by atoms with Crippen molar-refractivity contribution in [1.29, 1.82) is 0 Å². The summed E-state index contributed by atoms with van der Waals surface area (Å²) in [7, 11) is 3.87. The Bertz CT molecular complexity index is 1150. The molecule has 162 valence electrons. The molecule has 0 spiro atoms. The Kier molecular flexibility index (Phi) is 4.43. The number of fused-ring (bicyclic) bond motifs is 4. The van der Waals surface area contributed by atoms with Gasteiger partial charge in [0, 0.05) is 36.6 Å². The molecule has 6 rings (SSSR count). The molecule has 4 heteroatoms. The van der Waals surface area contributed by atoms with E-state index in [0.29, 0.717) is 5.92 Å². The molecule has 2 heterocycles. The monoisotopic (exact) mass is 418 g/mol. The molecule has 2 atom stereocenters. The van der Waals surface area contributed by atoms with Gasteiger partial charge in [-0.1, -0.05) is 12.1 Å². The minimum absolute atomic E-state index is 0.113. The van der Waals surface area contributed by atoms with Gasteiger partial charge in [0.05, 0.1) is 12.6 Å². The van der Waals surface area contributed by atoms with E-state index in [-0.39, 0.29) is 11.2 Å². The predicted octanol–water partition coefficient (Wildman–Crippen LogP) is 5.09. The van der Waals surface area contributed by atoms with Crippen LogP contribution in [0.1, 0.15) is 36.1 Å². The van der Waals surface area contributed by atoms with Gasteiger partial charge in [0.1, 0.15) is 11.6 Å². The van der Waals surface area contributed by atoms with Crippen molar-refractivity contribution in [3.8, 4) is 5.75 Å². The van der Waals surface area contributed by atoms with E-state index < -0.39 is 0 Å². The molecule has 31 heavy (non-hydrogen) atoms. The average Bonchev–Trinajstić information content (AvgIpc) is 3.57. The number of methoxy groups -OCH3 is 1. The highest BCUT2D eigenvalue weighted by Gasteiger charge is 2.49. The van der Waals surface area contributed by atoms with Crippen molar-refractivity contribution < 1.29 is 9.13 Å². The predicted molar refractivity (Wildman–Crippen MR) is 122 cm³/mol. The number of aromatic nitrogens is 1. The first kappa shape index (κ1) is 19.4. The smallest absolute Gasteiger partial charge is 0.125 e. The molecular weight excluding hydrogens is 387 g/mol. The summed E-state index contributed by atoms with van der Waals surface area (Å²) in [5.74, 6) is 2.27. The summed E-state index contributed by atoms with van der Waals surface area (Å²) in [6.45, 7) is 3.58. The first-order valence-corrected chi connectivity index (χ1v) is 11.7. The Morgan fingerprint density at radius 1 is 1.16 bits per heavy atom. The van der Waals surface area contributed by atoms with Crippen LogP contribution in [0.25, 0.3) is 10.9 Å². The minimum atomic E-state index is -0.152. The van der Waals surface area contributed by atoms with Gasteiger partial charge in [0.25, 0.3) is 0 Å². The van der Waals surface area contributed by atoms with Crippen LogP contribution in [-0.4, -0.2) is 36.2 Å². The van der Waals surface area contributed by atoms with Gasteiger partial charge in [-0.3, -0.25) is 0 Å². The third kappa shape index (κ3) is 3.10. The Morgan fingerprint density at radius 3 is 2.84 bits per heavy atom. The summed E-state index contributed by atoms with van der Waals surface area (Å²) >= 11 is 0. The molecule has 0 amide bonds. The second kappa shape index (κ2) is 7.09. The van der Waals surface area contributed by atoms with E-state index in [0.717, 1.165) is 43.1 Å². The largest absolute Gasteiger partial charge is 0.497 e. The maximum Gasteiger partial charge on any atom is 0.125 e. The number of nitrogens with zero attached hydrogens (tertiary/aromatic N) is 2. The molecule has 0 radical (unpaired) electrons. The molecule has 0 bridgehead atoms. The second-order valence-corrected chi connectivity index (χ2v) is 10.1. The lowest BCUT2D eigenvalue weighted by Gasteiger charge is -2.51. The maximum absolute atomic E-state index is 14.0. The zero-order chi connectivity index (χ0) is 21.2. The van der Waals surface area contributed by atoms with Gasteiger partial charge in [-0.25, -0.2) is 4.39 Å². The van der Waals surface area contributed by atoms with Gasteiger partial charge in [-0.05, 0) is 91.9 Å². The number of piperidine rings is 1. The zero-order valence-electron chi connectivity index (χ0n) is 18.5. The Balaban J connectivity index is 1.47. The number of hydrogen-bond donors (Lipinski definition) is 0. The number of rotatable bonds is 4. The first-order chi connectivity index (χ1) is 15.1. The number of hydrogen-bond acceptors (Lipinski definition) is 2. The van der Waals surface area contributed by atoms with Crippen LogP contribution in [0, 0.1) is 17.7 Å². The number of aryl methyl sites for hydroxylation is 1. The normalized spacial score (nSPS) is 26.0. The SMILES string of the molecule is COc1cccc(C23CCN(CC4CC4)CC2Cc2c(n(C)c4cc(F)ccc24)C3)c1. The Hall–Kier alpha value is -2.33. The highest BCUT2D eigenvalue weighted by Crippen LogP contribution is 2.50. The van der Waals surface area contributed by atoms with Crippen molar-refractivity contribution in [1.82, 2.24) is 9.47 Å².